The summed E-state index contributed by atoms with van der Waals surface area (Å²) in [5.74, 6) is -2.41. The SMILES string of the molecule is CCOC(=O)c1cc(N2C(=O)[C@H]3[C@H](C2=O)[C@H]2C=C[C@H]3C2=C(c2ccccc2)c2ccccc2)ccc1Cl. The summed E-state index contributed by atoms with van der Waals surface area (Å²) in [6, 6.07) is 24.9. The van der Waals surface area contributed by atoms with Crippen molar-refractivity contribution in [2.45, 2.75) is 6.92 Å². The van der Waals surface area contributed by atoms with Crippen molar-refractivity contribution < 1.29 is 19.1 Å². The van der Waals surface area contributed by atoms with E-state index in [9.17, 15) is 14.4 Å². The predicted octanol–water partition coefficient (Wildman–Crippen LogP) is 5.94. The molecule has 2 amide bonds. The predicted molar refractivity (Wildman–Crippen MR) is 142 cm³/mol. The first-order valence-electron chi connectivity index (χ1n) is 12.4. The molecule has 0 N–H and O–H groups in total. The molecule has 6 rings (SSSR count). The molecule has 1 heterocycles. The lowest BCUT2D eigenvalue weighted by atomic mass is 9.85. The molecule has 5 nitrogen and oxygen atoms in total. The quantitative estimate of drug-likeness (QED) is 0.242. The van der Waals surface area contributed by atoms with Crippen molar-refractivity contribution in [2.24, 2.45) is 23.7 Å². The van der Waals surface area contributed by atoms with Crippen LogP contribution in [0, 0.1) is 23.7 Å². The maximum atomic E-state index is 13.8. The van der Waals surface area contributed by atoms with Gasteiger partial charge in [0.15, 0.2) is 0 Å². The Bertz CT molecular complexity index is 1400. The third-order valence-corrected chi connectivity index (χ3v) is 7.86. The highest BCUT2D eigenvalue weighted by Crippen LogP contribution is 2.58. The Morgan fingerprint density at radius 1 is 0.838 bits per heavy atom. The largest absolute Gasteiger partial charge is 0.462 e. The van der Waals surface area contributed by atoms with Gasteiger partial charge in [-0.15, -0.1) is 0 Å². The van der Waals surface area contributed by atoms with Crippen molar-refractivity contribution in [1.29, 1.82) is 0 Å². The fourth-order valence-corrected chi connectivity index (χ4v) is 6.27. The zero-order chi connectivity index (χ0) is 25.7. The smallest absolute Gasteiger partial charge is 0.339 e. The Balaban J connectivity index is 1.43. The van der Waals surface area contributed by atoms with Crippen LogP contribution < -0.4 is 4.90 Å². The van der Waals surface area contributed by atoms with Crippen molar-refractivity contribution in [3.8, 4) is 0 Å². The van der Waals surface area contributed by atoms with Gasteiger partial charge < -0.3 is 4.74 Å². The number of fused-ring (bicyclic) bond motifs is 5. The maximum absolute atomic E-state index is 13.8. The normalized spacial score (nSPS) is 23.5. The number of nitrogens with zero attached hydrogens (tertiary/aromatic N) is 1. The maximum Gasteiger partial charge on any atom is 0.339 e. The standard InChI is InChI=1S/C31H24ClNO4/c1-2-37-31(36)23-17-20(13-16-24(23)32)33-29(34)27-21-14-15-22(28(27)30(33)35)26(21)25(18-9-5-3-6-10-18)19-11-7-4-8-12-19/h3-17,21-22,27-28H,2H2,1H3/t21-,22-,27+,28+/m0/s1. The summed E-state index contributed by atoms with van der Waals surface area (Å²) in [6.07, 6.45) is 4.15. The van der Waals surface area contributed by atoms with Gasteiger partial charge in [0.2, 0.25) is 11.8 Å². The minimum absolute atomic E-state index is 0.135. The minimum atomic E-state index is -0.587. The Kier molecular flexibility index (Phi) is 5.81. The van der Waals surface area contributed by atoms with Crippen LogP contribution in [0.3, 0.4) is 0 Å². The molecular formula is C31H24ClNO4. The molecule has 2 aliphatic carbocycles. The van der Waals surface area contributed by atoms with E-state index in [2.05, 4.69) is 36.4 Å². The highest BCUT2D eigenvalue weighted by Gasteiger charge is 2.62. The highest BCUT2D eigenvalue weighted by molar-refractivity contribution is 6.34. The average Bonchev–Trinajstić information content (AvgIpc) is 3.55. The Morgan fingerprint density at radius 2 is 1.38 bits per heavy atom. The van der Waals surface area contributed by atoms with Gasteiger partial charge in [0.25, 0.3) is 0 Å². The van der Waals surface area contributed by atoms with E-state index >= 15 is 0 Å². The second kappa shape index (κ2) is 9.16. The number of benzene rings is 3. The number of hydrogen-bond donors (Lipinski definition) is 0. The van der Waals surface area contributed by atoms with E-state index in [0.717, 1.165) is 22.3 Å². The van der Waals surface area contributed by atoms with Crippen molar-refractivity contribution >= 4 is 40.6 Å². The summed E-state index contributed by atoms with van der Waals surface area (Å²) in [7, 11) is 0. The van der Waals surface area contributed by atoms with Gasteiger partial charge in [-0.2, -0.15) is 0 Å². The monoisotopic (exact) mass is 509 g/mol. The lowest BCUT2D eigenvalue weighted by Gasteiger charge is -2.22. The zero-order valence-corrected chi connectivity index (χ0v) is 20.9. The van der Waals surface area contributed by atoms with E-state index in [1.165, 1.54) is 17.0 Å². The van der Waals surface area contributed by atoms with Crippen molar-refractivity contribution in [3.05, 3.63) is 118 Å². The lowest BCUT2D eigenvalue weighted by Crippen LogP contribution is -2.33. The molecule has 4 atom stereocenters. The number of carbonyl (C=O) groups is 3. The van der Waals surface area contributed by atoms with E-state index in [1.54, 1.807) is 13.0 Å². The molecule has 3 aliphatic rings. The van der Waals surface area contributed by atoms with Crippen LogP contribution in [0.4, 0.5) is 5.69 Å². The van der Waals surface area contributed by atoms with Crippen LogP contribution in [0.1, 0.15) is 28.4 Å². The first-order valence-corrected chi connectivity index (χ1v) is 12.8. The molecule has 2 bridgehead atoms. The third kappa shape index (κ3) is 3.65. The second-order valence-electron chi connectivity index (χ2n) is 9.45. The Morgan fingerprint density at radius 3 is 1.89 bits per heavy atom. The van der Waals surface area contributed by atoms with Crippen molar-refractivity contribution in [3.63, 3.8) is 0 Å². The van der Waals surface area contributed by atoms with Crippen LogP contribution in [0.25, 0.3) is 5.57 Å². The van der Waals surface area contributed by atoms with Crippen LogP contribution in [0.5, 0.6) is 0 Å². The van der Waals surface area contributed by atoms with E-state index in [-0.39, 0.29) is 40.8 Å². The topological polar surface area (TPSA) is 63.7 Å². The molecule has 1 saturated carbocycles. The number of amides is 2. The Hall–Kier alpha value is -3.96. The number of ether oxygens (including phenoxy) is 1. The number of rotatable bonds is 5. The molecule has 3 aromatic rings. The fourth-order valence-electron chi connectivity index (χ4n) is 6.08. The van der Waals surface area contributed by atoms with Gasteiger partial charge in [0.1, 0.15) is 0 Å². The number of hydrogen-bond acceptors (Lipinski definition) is 4. The van der Waals surface area contributed by atoms with E-state index in [1.807, 2.05) is 36.4 Å². The van der Waals surface area contributed by atoms with Gasteiger partial charge in [-0.1, -0.05) is 84.4 Å². The molecule has 184 valence electrons. The summed E-state index contributed by atoms with van der Waals surface area (Å²) in [5.41, 5.74) is 4.81. The van der Waals surface area contributed by atoms with Crippen LogP contribution >= 0.6 is 11.6 Å². The van der Waals surface area contributed by atoms with E-state index < -0.39 is 17.8 Å². The molecule has 1 aliphatic heterocycles. The summed E-state index contributed by atoms with van der Waals surface area (Å²) >= 11 is 6.22. The number of esters is 1. The van der Waals surface area contributed by atoms with Crippen LogP contribution in [0.15, 0.2) is 96.6 Å². The molecule has 0 spiro atoms. The first-order chi connectivity index (χ1) is 18.0. The number of anilines is 1. The summed E-state index contributed by atoms with van der Waals surface area (Å²) in [6.45, 7) is 1.90. The highest BCUT2D eigenvalue weighted by atomic mass is 35.5. The number of halogens is 1. The molecule has 3 aromatic carbocycles. The fraction of sp³-hybridized carbons (Fsp3) is 0.194. The summed E-state index contributed by atoms with van der Waals surface area (Å²) < 4.78 is 5.10. The number of imide groups is 1. The summed E-state index contributed by atoms with van der Waals surface area (Å²) in [4.78, 5) is 41.2. The second-order valence-corrected chi connectivity index (χ2v) is 9.85. The molecule has 0 radical (unpaired) electrons. The molecular weight excluding hydrogens is 486 g/mol. The van der Waals surface area contributed by atoms with Gasteiger partial charge in [0, 0.05) is 11.8 Å². The zero-order valence-electron chi connectivity index (χ0n) is 20.1. The van der Waals surface area contributed by atoms with Gasteiger partial charge in [-0.3, -0.25) is 9.59 Å². The Labute approximate surface area is 220 Å². The minimum Gasteiger partial charge on any atom is -0.462 e. The molecule has 2 fully saturated rings. The van der Waals surface area contributed by atoms with Gasteiger partial charge in [-0.05, 0) is 47.4 Å². The number of allylic oxidation sites excluding steroid dienone is 3. The molecule has 37 heavy (non-hydrogen) atoms. The molecule has 1 saturated heterocycles. The molecule has 0 aromatic heterocycles. The first kappa shape index (κ1) is 23.4. The van der Waals surface area contributed by atoms with Gasteiger partial charge >= 0.3 is 5.97 Å². The van der Waals surface area contributed by atoms with Crippen LogP contribution in [-0.2, 0) is 14.3 Å². The molecule has 0 unspecified atom stereocenters. The third-order valence-electron chi connectivity index (χ3n) is 7.53. The van der Waals surface area contributed by atoms with Crippen LogP contribution in [0.2, 0.25) is 5.02 Å². The van der Waals surface area contributed by atoms with Gasteiger partial charge in [-0.25, -0.2) is 9.69 Å². The van der Waals surface area contributed by atoms with Crippen molar-refractivity contribution in [1.82, 2.24) is 0 Å². The molecule has 6 heteroatoms. The van der Waals surface area contributed by atoms with E-state index in [0.29, 0.717) is 5.69 Å². The van der Waals surface area contributed by atoms with Crippen LogP contribution in [-0.4, -0.2) is 24.4 Å². The van der Waals surface area contributed by atoms with E-state index in [4.69, 9.17) is 16.3 Å². The van der Waals surface area contributed by atoms with Gasteiger partial charge in [0.05, 0.1) is 34.7 Å². The summed E-state index contributed by atoms with van der Waals surface area (Å²) in [5, 5.41) is 0.212. The number of carbonyl (C=O) groups excluding carboxylic acids is 3. The van der Waals surface area contributed by atoms with Crippen molar-refractivity contribution in [2.75, 3.05) is 11.5 Å². The lowest BCUT2D eigenvalue weighted by molar-refractivity contribution is -0.122. The average molecular weight is 510 g/mol.